The van der Waals surface area contributed by atoms with Crippen LogP contribution >= 0.6 is 0 Å². The molecule has 0 atom stereocenters. The van der Waals surface area contributed by atoms with Crippen LogP contribution in [0.1, 0.15) is 10.4 Å². The number of amides is 2. The van der Waals surface area contributed by atoms with E-state index in [1.807, 2.05) is 0 Å². The van der Waals surface area contributed by atoms with Gasteiger partial charge in [0, 0.05) is 23.9 Å². The van der Waals surface area contributed by atoms with Crippen LogP contribution in [0, 0.1) is 5.82 Å². The molecular weight excluding hydrogens is 339 g/mol. The van der Waals surface area contributed by atoms with Crippen molar-refractivity contribution >= 4 is 17.5 Å². The highest BCUT2D eigenvalue weighted by Gasteiger charge is 2.15. The number of rotatable bonds is 5. The van der Waals surface area contributed by atoms with Crippen molar-refractivity contribution in [3.63, 3.8) is 0 Å². The van der Waals surface area contributed by atoms with Gasteiger partial charge in [-0.1, -0.05) is 0 Å². The standard InChI is InChI=1S/C18H15FN4O3/c1-23(10-16(24)21-15-8-6-14(19)7-9-15)18(25)13-4-2-12(3-5-13)17-22-20-11-26-17/h2-9,11H,10H2,1H3,(H,21,24). The maximum absolute atomic E-state index is 12.9. The molecule has 0 aliphatic carbocycles. The largest absolute Gasteiger partial charge is 0.423 e. The lowest BCUT2D eigenvalue weighted by molar-refractivity contribution is -0.116. The second kappa shape index (κ2) is 7.56. The first-order valence-corrected chi connectivity index (χ1v) is 7.70. The van der Waals surface area contributed by atoms with Crippen molar-refractivity contribution in [1.82, 2.24) is 15.1 Å². The summed E-state index contributed by atoms with van der Waals surface area (Å²) >= 11 is 0. The summed E-state index contributed by atoms with van der Waals surface area (Å²) in [5, 5.41) is 10.00. The van der Waals surface area contributed by atoms with Gasteiger partial charge in [-0.2, -0.15) is 0 Å². The van der Waals surface area contributed by atoms with Crippen LogP contribution in [0.2, 0.25) is 0 Å². The average Bonchev–Trinajstić information content (AvgIpc) is 3.18. The topological polar surface area (TPSA) is 88.3 Å². The van der Waals surface area contributed by atoms with Crippen LogP contribution in [0.25, 0.3) is 11.5 Å². The number of hydrogen-bond donors (Lipinski definition) is 1. The summed E-state index contributed by atoms with van der Waals surface area (Å²) in [6.07, 6.45) is 1.22. The van der Waals surface area contributed by atoms with Crippen molar-refractivity contribution in [2.75, 3.05) is 18.9 Å². The summed E-state index contributed by atoms with van der Waals surface area (Å²) in [6.45, 7) is -0.137. The lowest BCUT2D eigenvalue weighted by Gasteiger charge is -2.17. The minimum atomic E-state index is -0.390. The molecule has 0 saturated heterocycles. The van der Waals surface area contributed by atoms with Crippen LogP contribution in [0.5, 0.6) is 0 Å². The van der Waals surface area contributed by atoms with Gasteiger partial charge >= 0.3 is 0 Å². The number of anilines is 1. The fraction of sp³-hybridized carbons (Fsp3) is 0.111. The van der Waals surface area contributed by atoms with Gasteiger partial charge in [-0.3, -0.25) is 9.59 Å². The number of nitrogens with one attached hydrogen (secondary N) is 1. The molecule has 8 heteroatoms. The zero-order valence-corrected chi connectivity index (χ0v) is 13.8. The van der Waals surface area contributed by atoms with Crippen molar-refractivity contribution in [3.8, 4) is 11.5 Å². The molecule has 0 unspecified atom stereocenters. The van der Waals surface area contributed by atoms with Crippen molar-refractivity contribution in [3.05, 3.63) is 66.3 Å². The number of nitrogens with zero attached hydrogens (tertiary/aromatic N) is 3. The Morgan fingerprint density at radius 2 is 1.81 bits per heavy atom. The molecule has 0 radical (unpaired) electrons. The van der Waals surface area contributed by atoms with Gasteiger partial charge in [0.05, 0.1) is 6.54 Å². The molecule has 0 spiro atoms. The Balaban J connectivity index is 1.60. The molecule has 2 amide bonds. The number of aromatic nitrogens is 2. The average molecular weight is 354 g/mol. The Bertz CT molecular complexity index is 893. The molecule has 1 aromatic heterocycles. The predicted molar refractivity (Wildman–Crippen MR) is 91.7 cm³/mol. The van der Waals surface area contributed by atoms with Crippen molar-refractivity contribution in [1.29, 1.82) is 0 Å². The van der Waals surface area contributed by atoms with Gasteiger partial charge in [0.15, 0.2) is 0 Å². The highest BCUT2D eigenvalue weighted by atomic mass is 19.1. The molecular formula is C18H15FN4O3. The van der Waals surface area contributed by atoms with Gasteiger partial charge in [-0.15, -0.1) is 10.2 Å². The van der Waals surface area contributed by atoms with Crippen molar-refractivity contribution in [2.24, 2.45) is 0 Å². The minimum Gasteiger partial charge on any atom is -0.423 e. The maximum Gasteiger partial charge on any atom is 0.254 e. The first-order chi connectivity index (χ1) is 12.5. The van der Waals surface area contributed by atoms with Crippen molar-refractivity contribution < 1.29 is 18.4 Å². The minimum absolute atomic E-state index is 0.137. The Hall–Kier alpha value is -3.55. The maximum atomic E-state index is 12.9. The van der Waals surface area contributed by atoms with Gasteiger partial charge in [-0.05, 0) is 48.5 Å². The van der Waals surface area contributed by atoms with E-state index in [4.69, 9.17) is 4.42 Å². The first kappa shape index (κ1) is 17.3. The van der Waals surface area contributed by atoms with E-state index >= 15 is 0 Å². The molecule has 0 saturated carbocycles. The molecule has 132 valence electrons. The third kappa shape index (κ3) is 4.10. The lowest BCUT2D eigenvalue weighted by atomic mass is 10.1. The van der Waals surface area contributed by atoms with Crippen molar-refractivity contribution in [2.45, 2.75) is 0 Å². The Morgan fingerprint density at radius 1 is 1.12 bits per heavy atom. The highest BCUT2D eigenvalue weighted by molar-refractivity contribution is 5.99. The fourth-order valence-electron chi connectivity index (χ4n) is 2.30. The summed E-state index contributed by atoms with van der Waals surface area (Å²) in [7, 11) is 1.53. The molecule has 1 heterocycles. The molecule has 3 rings (SSSR count). The number of likely N-dealkylation sites (N-methyl/N-ethyl adjacent to an activating group) is 1. The zero-order valence-electron chi connectivity index (χ0n) is 13.8. The molecule has 2 aromatic carbocycles. The van der Waals surface area contributed by atoms with E-state index in [0.29, 0.717) is 22.7 Å². The Labute approximate surface area is 148 Å². The van der Waals surface area contributed by atoms with Gasteiger partial charge in [0.1, 0.15) is 5.82 Å². The summed E-state index contributed by atoms with van der Waals surface area (Å²) in [4.78, 5) is 25.7. The number of benzene rings is 2. The number of carbonyl (C=O) groups is 2. The van der Waals surface area contributed by atoms with E-state index in [-0.39, 0.29) is 24.2 Å². The van der Waals surface area contributed by atoms with Gasteiger partial charge in [0.25, 0.3) is 5.91 Å². The second-order valence-electron chi connectivity index (χ2n) is 5.54. The van der Waals surface area contributed by atoms with Crippen LogP contribution in [0.4, 0.5) is 10.1 Å². The Kier molecular flexibility index (Phi) is 5.02. The molecule has 3 aromatic rings. The third-order valence-corrected chi connectivity index (χ3v) is 3.59. The summed E-state index contributed by atoms with van der Waals surface area (Å²) in [5.74, 6) is -0.721. The molecule has 1 N–H and O–H groups in total. The number of hydrogen-bond acceptors (Lipinski definition) is 5. The quantitative estimate of drug-likeness (QED) is 0.761. The van der Waals surface area contributed by atoms with E-state index in [1.54, 1.807) is 24.3 Å². The van der Waals surface area contributed by atoms with Crippen LogP contribution < -0.4 is 5.32 Å². The van der Waals surface area contributed by atoms with E-state index in [2.05, 4.69) is 15.5 Å². The van der Waals surface area contributed by atoms with Crippen LogP contribution in [-0.4, -0.2) is 40.5 Å². The molecule has 7 nitrogen and oxygen atoms in total. The third-order valence-electron chi connectivity index (χ3n) is 3.59. The number of carbonyl (C=O) groups excluding carboxylic acids is 2. The molecule has 26 heavy (non-hydrogen) atoms. The molecule has 0 aliphatic heterocycles. The molecule has 0 fully saturated rings. The van der Waals surface area contributed by atoms with E-state index in [0.717, 1.165) is 0 Å². The number of halogens is 1. The summed E-state index contributed by atoms with van der Waals surface area (Å²) in [5.41, 5.74) is 1.57. The summed E-state index contributed by atoms with van der Waals surface area (Å²) < 4.78 is 18.0. The van der Waals surface area contributed by atoms with Gasteiger partial charge in [-0.25, -0.2) is 4.39 Å². The fourth-order valence-corrected chi connectivity index (χ4v) is 2.30. The lowest BCUT2D eigenvalue weighted by Crippen LogP contribution is -2.34. The SMILES string of the molecule is CN(CC(=O)Nc1ccc(F)cc1)C(=O)c1ccc(-c2nnco2)cc1. The second-order valence-corrected chi connectivity index (χ2v) is 5.54. The molecule has 0 bridgehead atoms. The van der Waals surface area contributed by atoms with Gasteiger partial charge < -0.3 is 14.6 Å². The highest BCUT2D eigenvalue weighted by Crippen LogP contribution is 2.17. The van der Waals surface area contributed by atoms with E-state index < -0.39 is 0 Å². The smallest absolute Gasteiger partial charge is 0.254 e. The van der Waals surface area contributed by atoms with Gasteiger partial charge in [0.2, 0.25) is 18.2 Å². The predicted octanol–water partition coefficient (Wildman–Crippen LogP) is 2.59. The van der Waals surface area contributed by atoms with Crippen LogP contribution in [0.15, 0.2) is 59.3 Å². The summed E-state index contributed by atoms with van der Waals surface area (Å²) in [6, 6.07) is 12.0. The zero-order chi connectivity index (χ0) is 18.5. The first-order valence-electron chi connectivity index (χ1n) is 7.70. The van der Waals surface area contributed by atoms with Crippen LogP contribution in [0.3, 0.4) is 0 Å². The van der Waals surface area contributed by atoms with E-state index in [9.17, 15) is 14.0 Å². The molecule has 0 aliphatic rings. The van der Waals surface area contributed by atoms with Crippen LogP contribution in [-0.2, 0) is 4.79 Å². The Morgan fingerprint density at radius 3 is 2.42 bits per heavy atom. The monoisotopic (exact) mass is 354 g/mol. The normalized spacial score (nSPS) is 10.4. The van der Waals surface area contributed by atoms with E-state index in [1.165, 1.54) is 42.6 Å².